The normalized spacial score (nSPS) is 13.5. The number of hydrogen-bond donors (Lipinski definition) is 2. The van der Waals surface area contributed by atoms with Crippen LogP contribution in [0.4, 0.5) is 0 Å². The largest absolute Gasteiger partial charge is 0.489 e. The summed E-state index contributed by atoms with van der Waals surface area (Å²) in [7, 11) is -3.93. The van der Waals surface area contributed by atoms with Gasteiger partial charge in [0.2, 0.25) is 9.84 Å². The third kappa shape index (κ3) is 6.75. The van der Waals surface area contributed by atoms with Gasteiger partial charge in [-0.15, -0.1) is 11.6 Å². The van der Waals surface area contributed by atoms with Crippen LogP contribution in [0, 0.1) is 0 Å². The topological polar surface area (TPSA) is 111 Å². The lowest BCUT2D eigenvalue weighted by atomic mass is 10.3. The van der Waals surface area contributed by atoms with Gasteiger partial charge < -0.3 is 24.3 Å². The van der Waals surface area contributed by atoms with Crippen molar-refractivity contribution in [2.75, 3.05) is 19.1 Å². The van der Waals surface area contributed by atoms with Crippen molar-refractivity contribution in [2.45, 2.75) is 28.5 Å². The van der Waals surface area contributed by atoms with E-state index in [1.807, 2.05) is 0 Å². The summed E-state index contributed by atoms with van der Waals surface area (Å²) in [6, 6.07) is 8.04. The number of sulfone groups is 1. The van der Waals surface area contributed by atoms with Crippen molar-refractivity contribution >= 4 is 44.6 Å². The second-order valence-electron chi connectivity index (χ2n) is 7.03. The van der Waals surface area contributed by atoms with Crippen molar-refractivity contribution < 1.29 is 28.1 Å². The number of ether oxygens (including phenoxy) is 2. The summed E-state index contributed by atoms with van der Waals surface area (Å²) in [4.78, 5) is 3.79. The first-order valence-corrected chi connectivity index (χ1v) is 12.5. The van der Waals surface area contributed by atoms with E-state index in [0.29, 0.717) is 0 Å². The van der Waals surface area contributed by atoms with E-state index < -0.39 is 22.0 Å². The molecule has 0 fully saturated rings. The van der Waals surface area contributed by atoms with E-state index in [1.165, 1.54) is 36.4 Å². The molecular weight excluding hydrogens is 515 g/mol. The number of aromatic nitrogens is 2. The molecule has 33 heavy (non-hydrogen) atoms. The van der Waals surface area contributed by atoms with E-state index >= 15 is 0 Å². The monoisotopic (exact) mass is 534 g/mol. The summed E-state index contributed by atoms with van der Waals surface area (Å²) < 4.78 is 38.6. The highest BCUT2D eigenvalue weighted by atomic mass is 35.5. The Morgan fingerprint density at radius 1 is 0.939 bits per heavy atom. The summed E-state index contributed by atoms with van der Waals surface area (Å²) in [6.45, 7) is 0.165. The predicted octanol–water partition coefficient (Wildman–Crippen LogP) is 3.44. The molecule has 0 aliphatic carbocycles. The number of alkyl halides is 1. The SMILES string of the molecule is O=S(=O)(c1ccc(OC[C@@H](O)CCl)c(Cl)c1)c1ccc(OC[C@H](O)Cn2ccnc2)c(Cl)c1. The standard InChI is InChI=1S/C21H21Cl3N2O6S/c22-9-14(27)11-31-20-3-1-16(7-18(20)23)33(29,30)17-2-4-21(19(24)8-17)32-12-15(28)10-26-6-5-25-13-26/h1-8,13-15,27-28H,9-12H2/t14-,15+/m0/s1. The second-order valence-corrected chi connectivity index (χ2v) is 10.1. The molecule has 0 amide bonds. The Morgan fingerprint density at radius 2 is 1.48 bits per heavy atom. The van der Waals surface area contributed by atoms with Gasteiger partial charge in [0.25, 0.3) is 0 Å². The number of nitrogens with zero attached hydrogens (tertiary/aromatic N) is 2. The molecule has 0 saturated carbocycles. The Bertz CT molecular complexity index is 1170. The lowest BCUT2D eigenvalue weighted by molar-refractivity contribution is 0.0925. The summed E-state index contributed by atoms with van der Waals surface area (Å²) in [5.74, 6) is 0.449. The lowest BCUT2D eigenvalue weighted by Gasteiger charge is -2.15. The Kier molecular flexibility index (Phi) is 8.86. The zero-order chi connectivity index (χ0) is 24.0. The first kappa shape index (κ1) is 25.6. The zero-order valence-corrected chi connectivity index (χ0v) is 20.2. The fourth-order valence-corrected chi connectivity index (χ4v) is 4.78. The molecule has 0 aliphatic heterocycles. The predicted molar refractivity (Wildman–Crippen MR) is 124 cm³/mol. The van der Waals surface area contributed by atoms with Crippen LogP contribution in [0.25, 0.3) is 0 Å². The van der Waals surface area contributed by atoms with Gasteiger partial charge in [0, 0.05) is 12.4 Å². The van der Waals surface area contributed by atoms with Crippen LogP contribution in [-0.2, 0) is 16.4 Å². The van der Waals surface area contributed by atoms with Gasteiger partial charge >= 0.3 is 0 Å². The minimum Gasteiger partial charge on any atom is -0.489 e. The van der Waals surface area contributed by atoms with Crippen LogP contribution in [-0.4, -0.2) is 59.5 Å². The van der Waals surface area contributed by atoms with Crippen LogP contribution in [0.3, 0.4) is 0 Å². The minimum absolute atomic E-state index is 0.00583. The van der Waals surface area contributed by atoms with Crippen LogP contribution in [0.5, 0.6) is 11.5 Å². The highest BCUT2D eigenvalue weighted by Crippen LogP contribution is 2.33. The molecule has 2 atom stereocenters. The Hall–Kier alpha value is -2.01. The highest BCUT2D eigenvalue weighted by Gasteiger charge is 2.21. The van der Waals surface area contributed by atoms with Gasteiger partial charge in [-0.3, -0.25) is 0 Å². The van der Waals surface area contributed by atoms with Crippen LogP contribution in [0.1, 0.15) is 0 Å². The maximum absolute atomic E-state index is 13.0. The Balaban J connectivity index is 1.69. The third-order valence-electron chi connectivity index (χ3n) is 4.45. The second kappa shape index (κ2) is 11.4. The molecule has 178 valence electrons. The van der Waals surface area contributed by atoms with Gasteiger partial charge in [-0.1, -0.05) is 23.2 Å². The highest BCUT2D eigenvalue weighted by molar-refractivity contribution is 7.91. The van der Waals surface area contributed by atoms with Gasteiger partial charge in [0.05, 0.1) is 38.6 Å². The van der Waals surface area contributed by atoms with E-state index in [9.17, 15) is 18.6 Å². The number of aliphatic hydroxyl groups excluding tert-OH is 2. The molecule has 3 aromatic rings. The summed E-state index contributed by atoms with van der Waals surface area (Å²) >= 11 is 17.9. The van der Waals surface area contributed by atoms with E-state index in [-0.39, 0.29) is 57.0 Å². The van der Waals surface area contributed by atoms with Crippen molar-refractivity contribution in [3.8, 4) is 11.5 Å². The number of imidazole rings is 1. The molecule has 0 aliphatic rings. The van der Waals surface area contributed by atoms with Gasteiger partial charge in [0.15, 0.2) is 0 Å². The fourth-order valence-electron chi connectivity index (χ4n) is 2.77. The fraction of sp³-hybridized carbons (Fsp3) is 0.286. The Morgan fingerprint density at radius 3 is 1.94 bits per heavy atom. The molecule has 1 aromatic heterocycles. The molecule has 2 N–H and O–H groups in total. The molecule has 8 nitrogen and oxygen atoms in total. The van der Waals surface area contributed by atoms with E-state index in [1.54, 1.807) is 23.3 Å². The van der Waals surface area contributed by atoms with Crippen LogP contribution >= 0.6 is 34.8 Å². The summed E-state index contributed by atoms with van der Waals surface area (Å²) in [6.07, 6.45) is 3.20. The first-order valence-electron chi connectivity index (χ1n) is 9.68. The molecule has 0 saturated heterocycles. The van der Waals surface area contributed by atoms with Gasteiger partial charge in [0.1, 0.15) is 36.9 Å². The van der Waals surface area contributed by atoms with Gasteiger partial charge in [-0.05, 0) is 36.4 Å². The van der Waals surface area contributed by atoms with Crippen molar-refractivity contribution in [3.05, 3.63) is 65.2 Å². The zero-order valence-electron chi connectivity index (χ0n) is 17.1. The number of halogens is 3. The smallest absolute Gasteiger partial charge is 0.206 e. The molecule has 0 radical (unpaired) electrons. The molecule has 1 heterocycles. The first-order chi connectivity index (χ1) is 15.7. The Labute approximate surface area is 206 Å². The molecule has 0 unspecified atom stereocenters. The molecule has 0 spiro atoms. The third-order valence-corrected chi connectivity index (χ3v) is 7.14. The quantitative estimate of drug-likeness (QED) is 0.362. The number of aliphatic hydroxyl groups is 2. The molecular formula is C21H21Cl3N2O6S. The average Bonchev–Trinajstić information content (AvgIpc) is 3.30. The number of rotatable bonds is 11. The van der Waals surface area contributed by atoms with E-state index in [4.69, 9.17) is 44.3 Å². The molecule has 2 aromatic carbocycles. The van der Waals surface area contributed by atoms with Crippen molar-refractivity contribution in [1.82, 2.24) is 9.55 Å². The summed E-state index contributed by atoms with van der Waals surface area (Å²) in [5, 5.41) is 19.7. The summed E-state index contributed by atoms with van der Waals surface area (Å²) in [5.41, 5.74) is 0. The van der Waals surface area contributed by atoms with Crippen LogP contribution in [0.2, 0.25) is 10.0 Å². The molecule has 12 heteroatoms. The number of benzene rings is 2. The van der Waals surface area contributed by atoms with Crippen molar-refractivity contribution in [2.24, 2.45) is 0 Å². The molecule has 3 rings (SSSR count). The van der Waals surface area contributed by atoms with E-state index in [2.05, 4.69) is 4.98 Å². The number of hydrogen-bond acceptors (Lipinski definition) is 7. The minimum atomic E-state index is -3.93. The lowest BCUT2D eigenvalue weighted by Crippen LogP contribution is -2.23. The van der Waals surface area contributed by atoms with Crippen molar-refractivity contribution in [1.29, 1.82) is 0 Å². The molecule has 0 bridgehead atoms. The van der Waals surface area contributed by atoms with E-state index in [0.717, 1.165) is 0 Å². The maximum Gasteiger partial charge on any atom is 0.206 e. The maximum atomic E-state index is 13.0. The average molecular weight is 536 g/mol. The van der Waals surface area contributed by atoms with Gasteiger partial charge in [-0.25, -0.2) is 13.4 Å². The van der Waals surface area contributed by atoms with Crippen LogP contribution < -0.4 is 9.47 Å². The van der Waals surface area contributed by atoms with Crippen molar-refractivity contribution in [3.63, 3.8) is 0 Å². The van der Waals surface area contributed by atoms with Gasteiger partial charge in [-0.2, -0.15) is 0 Å². The van der Waals surface area contributed by atoms with Crippen LogP contribution in [0.15, 0.2) is 64.9 Å².